The van der Waals surface area contributed by atoms with Crippen molar-refractivity contribution in [3.8, 4) is 0 Å². The minimum atomic E-state index is -0.530. The molecule has 3 rings (SSSR count). The Hall–Kier alpha value is -2.40. The predicted molar refractivity (Wildman–Crippen MR) is 99.8 cm³/mol. The zero-order valence-corrected chi connectivity index (χ0v) is 15.2. The van der Waals surface area contributed by atoms with Gasteiger partial charge in [-0.2, -0.15) is 0 Å². The second kappa shape index (κ2) is 7.87. The Balaban J connectivity index is 1.66. The molecular weight excluding hydrogens is 355 g/mol. The van der Waals surface area contributed by atoms with Gasteiger partial charge in [-0.1, -0.05) is 29.3 Å². The van der Waals surface area contributed by atoms with Crippen molar-refractivity contribution in [2.45, 2.75) is 19.8 Å². The molecule has 2 aromatic rings. The number of amides is 2. The van der Waals surface area contributed by atoms with Gasteiger partial charge in [0.25, 0.3) is 5.91 Å². The Bertz CT molecular complexity index is 840. The largest absolute Gasteiger partial charge is 0.338 e. The number of rotatable bonds is 3. The molecule has 0 bridgehead atoms. The summed E-state index contributed by atoms with van der Waals surface area (Å²) in [6.07, 6.45) is 1.47. The molecule has 1 N–H and O–H groups in total. The number of benzene rings is 2. The molecular formula is C20H20ClFN2O2. The van der Waals surface area contributed by atoms with Crippen molar-refractivity contribution >= 4 is 29.1 Å². The molecule has 2 amide bonds. The molecule has 1 aliphatic heterocycles. The van der Waals surface area contributed by atoms with Crippen LogP contribution < -0.4 is 5.32 Å². The Labute approximate surface area is 157 Å². The number of carbonyl (C=O) groups is 2. The number of halogens is 2. The highest BCUT2D eigenvalue weighted by molar-refractivity contribution is 6.31. The van der Waals surface area contributed by atoms with E-state index in [-0.39, 0.29) is 22.8 Å². The van der Waals surface area contributed by atoms with Gasteiger partial charge in [0, 0.05) is 24.3 Å². The highest BCUT2D eigenvalue weighted by Gasteiger charge is 2.29. The topological polar surface area (TPSA) is 49.4 Å². The summed E-state index contributed by atoms with van der Waals surface area (Å²) in [5.74, 6) is -1.08. The normalized spacial score (nSPS) is 17.0. The maximum atomic E-state index is 13.2. The minimum Gasteiger partial charge on any atom is -0.338 e. The van der Waals surface area contributed by atoms with Crippen LogP contribution in [0.5, 0.6) is 0 Å². The van der Waals surface area contributed by atoms with Crippen molar-refractivity contribution in [1.82, 2.24) is 4.90 Å². The van der Waals surface area contributed by atoms with Gasteiger partial charge in [-0.15, -0.1) is 0 Å². The van der Waals surface area contributed by atoms with E-state index in [1.807, 2.05) is 25.1 Å². The van der Waals surface area contributed by atoms with Gasteiger partial charge in [0.05, 0.1) is 10.9 Å². The van der Waals surface area contributed by atoms with Gasteiger partial charge >= 0.3 is 0 Å². The van der Waals surface area contributed by atoms with Crippen LogP contribution in [0.25, 0.3) is 0 Å². The molecule has 136 valence electrons. The first-order valence-electron chi connectivity index (χ1n) is 8.56. The molecule has 1 saturated heterocycles. The highest BCUT2D eigenvalue weighted by atomic mass is 35.5. The third-order valence-corrected chi connectivity index (χ3v) is 4.82. The van der Waals surface area contributed by atoms with Crippen molar-refractivity contribution in [3.05, 3.63) is 64.4 Å². The van der Waals surface area contributed by atoms with Crippen LogP contribution in [0, 0.1) is 18.7 Å². The lowest BCUT2D eigenvalue weighted by Crippen LogP contribution is -2.43. The maximum Gasteiger partial charge on any atom is 0.253 e. The highest BCUT2D eigenvalue weighted by Crippen LogP contribution is 2.23. The monoisotopic (exact) mass is 374 g/mol. The number of hydrogen-bond donors (Lipinski definition) is 1. The number of hydrogen-bond acceptors (Lipinski definition) is 2. The molecule has 6 heteroatoms. The smallest absolute Gasteiger partial charge is 0.253 e. The van der Waals surface area contributed by atoms with Crippen LogP contribution >= 0.6 is 11.6 Å². The fourth-order valence-corrected chi connectivity index (χ4v) is 3.34. The lowest BCUT2D eigenvalue weighted by atomic mass is 9.96. The van der Waals surface area contributed by atoms with Gasteiger partial charge in [-0.25, -0.2) is 4.39 Å². The number of anilines is 1. The molecule has 0 unspecified atom stereocenters. The quantitative estimate of drug-likeness (QED) is 0.871. The van der Waals surface area contributed by atoms with Crippen molar-refractivity contribution in [3.63, 3.8) is 0 Å². The Morgan fingerprint density at radius 3 is 2.77 bits per heavy atom. The SMILES string of the molecule is Cc1cccc(C(=O)N2CCC[C@@H](C(=O)Nc3ccc(F)c(Cl)c3)C2)c1. The van der Waals surface area contributed by atoms with Crippen LogP contribution in [-0.2, 0) is 4.79 Å². The summed E-state index contributed by atoms with van der Waals surface area (Å²) in [6, 6.07) is 11.5. The summed E-state index contributed by atoms with van der Waals surface area (Å²) in [6.45, 7) is 2.95. The fraction of sp³-hybridized carbons (Fsp3) is 0.300. The Kier molecular flexibility index (Phi) is 5.57. The Morgan fingerprint density at radius 1 is 1.23 bits per heavy atom. The number of nitrogens with one attached hydrogen (secondary N) is 1. The van der Waals surface area contributed by atoms with Crippen LogP contribution in [0.4, 0.5) is 10.1 Å². The summed E-state index contributed by atoms with van der Waals surface area (Å²) in [4.78, 5) is 27.0. The van der Waals surface area contributed by atoms with E-state index in [2.05, 4.69) is 5.32 Å². The van der Waals surface area contributed by atoms with E-state index in [0.29, 0.717) is 30.8 Å². The van der Waals surface area contributed by atoms with Crippen molar-refractivity contribution < 1.29 is 14.0 Å². The number of piperidine rings is 1. The summed E-state index contributed by atoms with van der Waals surface area (Å²) >= 11 is 5.75. The second-order valence-corrected chi connectivity index (χ2v) is 6.99. The number of carbonyl (C=O) groups excluding carboxylic acids is 2. The summed E-state index contributed by atoms with van der Waals surface area (Å²) in [7, 11) is 0. The molecule has 1 heterocycles. The first-order valence-corrected chi connectivity index (χ1v) is 8.93. The molecule has 4 nitrogen and oxygen atoms in total. The number of aryl methyl sites for hydroxylation is 1. The first-order chi connectivity index (χ1) is 12.4. The van der Waals surface area contributed by atoms with Crippen LogP contribution in [0.3, 0.4) is 0 Å². The molecule has 1 aliphatic rings. The second-order valence-electron chi connectivity index (χ2n) is 6.58. The molecule has 26 heavy (non-hydrogen) atoms. The first kappa shape index (κ1) is 18.4. The van der Waals surface area contributed by atoms with E-state index in [9.17, 15) is 14.0 Å². The Morgan fingerprint density at radius 2 is 2.04 bits per heavy atom. The molecule has 0 saturated carbocycles. The maximum absolute atomic E-state index is 13.2. The van der Waals surface area contributed by atoms with Gasteiger partial charge in [0.15, 0.2) is 0 Å². The average molecular weight is 375 g/mol. The van der Waals surface area contributed by atoms with Crippen molar-refractivity contribution in [2.24, 2.45) is 5.92 Å². The molecule has 1 atom stereocenters. The molecule has 1 fully saturated rings. The summed E-state index contributed by atoms with van der Waals surface area (Å²) in [5, 5.41) is 2.72. The predicted octanol–water partition coefficient (Wildman–Crippen LogP) is 4.28. The van der Waals surface area contributed by atoms with E-state index >= 15 is 0 Å². The molecule has 0 radical (unpaired) electrons. The average Bonchev–Trinajstić information content (AvgIpc) is 2.64. The van der Waals surface area contributed by atoms with Crippen LogP contribution in [-0.4, -0.2) is 29.8 Å². The van der Waals surface area contributed by atoms with E-state index < -0.39 is 5.82 Å². The van der Waals surface area contributed by atoms with Crippen molar-refractivity contribution in [2.75, 3.05) is 18.4 Å². The van der Waals surface area contributed by atoms with E-state index in [1.54, 1.807) is 11.0 Å². The van der Waals surface area contributed by atoms with Gasteiger partial charge in [0.2, 0.25) is 5.91 Å². The van der Waals surface area contributed by atoms with E-state index in [1.165, 1.54) is 18.2 Å². The fourth-order valence-electron chi connectivity index (χ4n) is 3.15. The van der Waals surface area contributed by atoms with Crippen LogP contribution in [0.1, 0.15) is 28.8 Å². The lowest BCUT2D eigenvalue weighted by molar-refractivity contribution is -0.121. The third-order valence-electron chi connectivity index (χ3n) is 4.53. The van der Waals surface area contributed by atoms with Gasteiger partial charge < -0.3 is 10.2 Å². The summed E-state index contributed by atoms with van der Waals surface area (Å²) in [5.41, 5.74) is 2.11. The van der Waals surface area contributed by atoms with E-state index in [4.69, 9.17) is 11.6 Å². The molecule has 2 aromatic carbocycles. The van der Waals surface area contributed by atoms with Crippen molar-refractivity contribution in [1.29, 1.82) is 0 Å². The van der Waals surface area contributed by atoms with Crippen LogP contribution in [0.2, 0.25) is 5.02 Å². The standard InChI is InChI=1S/C20H20ClFN2O2/c1-13-4-2-5-14(10-13)20(26)24-9-3-6-15(12-24)19(25)23-16-7-8-18(22)17(21)11-16/h2,4-5,7-8,10-11,15H,3,6,9,12H2,1H3,(H,23,25)/t15-/m1/s1. The third kappa shape index (κ3) is 4.22. The van der Waals surface area contributed by atoms with Gasteiger partial charge in [0.1, 0.15) is 5.82 Å². The lowest BCUT2D eigenvalue weighted by Gasteiger charge is -2.32. The van der Waals surface area contributed by atoms with E-state index in [0.717, 1.165) is 12.0 Å². The zero-order valence-electron chi connectivity index (χ0n) is 14.5. The molecule has 0 aromatic heterocycles. The number of likely N-dealkylation sites (tertiary alicyclic amines) is 1. The molecule has 0 aliphatic carbocycles. The number of nitrogens with zero attached hydrogens (tertiary/aromatic N) is 1. The van der Waals surface area contributed by atoms with Gasteiger partial charge in [-0.05, 0) is 50.1 Å². The zero-order chi connectivity index (χ0) is 18.7. The minimum absolute atomic E-state index is 0.0392. The molecule has 0 spiro atoms. The summed E-state index contributed by atoms with van der Waals surface area (Å²) < 4.78 is 13.2. The van der Waals surface area contributed by atoms with Crippen LogP contribution in [0.15, 0.2) is 42.5 Å². The van der Waals surface area contributed by atoms with Gasteiger partial charge in [-0.3, -0.25) is 9.59 Å².